The van der Waals surface area contributed by atoms with Crippen LogP contribution < -0.4 is 0 Å². The number of thiazole rings is 1. The first-order chi connectivity index (χ1) is 8.11. The predicted molar refractivity (Wildman–Crippen MR) is 65.8 cm³/mol. The highest BCUT2D eigenvalue weighted by Gasteiger charge is 2.21. The van der Waals surface area contributed by atoms with Gasteiger partial charge in [0, 0.05) is 5.56 Å². The van der Waals surface area contributed by atoms with Gasteiger partial charge in [-0.15, -0.1) is 11.3 Å². The minimum Gasteiger partial charge on any atom is -0.465 e. The molecule has 0 radical (unpaired) electrons. The van der Waals surface area contributed by atoms with Crippen molar-refractivity contribution in [3.63, 3.8) is 0 Å². The third kappa shape index (κ3) is 1.63. The predicted octanol–water partition coefficient (Wildman–Crippen LogP) is 2.51. The van der Waals surface area contributed by atoms with Crippen molar-refractivity contribution in [1.29, 1.82) is 0 Å². The van der Waals surface area contributed by atoms with E-state index in [1.807, 2.05) is 13.8 Å². The summed E-state index contributed by atoms with van der Waals surface area (Å²) in [5.74, 6) is -0.391. The fourth-order valence-corrected chi connectivity index (χ4v) is 2.74. The lowest BCUT2D eigenvalue weighted by molar-refractivity contribution is 0.0602. The minimum absolute atomic E-state index is 0.391. The van der Waals surface area contributed by atoms with E-state index >= 15 is 0 Å². The summed E-state index contributed by atoms with van der Waals surface area (Å²) >= 11 is 1.34. The van der Waals surface area contributed by atoms with Crippen molar-refractivity contribution in [2.75, 3.05) is 7.11 Å². The summed E-state index contributed by atoms with van der Waals surface area (Å²) in [5, 5.41) is 0. The van der Waals surface area contributed by atoms with Crippen LogP contribution in [0.25, 0.3) is 10.2 Å². The van der Waals surface area contributed by atoms with Gasteiger partial charge < -0.3 is 4.74 Å². The largest absolute Gasteiger partial charge is 0.465 e. The lowest BCUT2D eigenvalue weighted by Gasteiger charge is -2.10. The maximum absolute atomic E-state index is 11.8. The van der Waals surface area contributed by atoms with Gasteiger partial charge in [-0.05, 0) is 25.0 Å². The number of ether oxygens (including phenoxy) is 1. The molecule has 2 rings (SSSR count). The highest BCUT2D eigenvalue weighted by Crippen LogP contribution is 2.31. The number of benzene rings is 1. The smallest absolute Gasteiger partial charge is 0.339 e. The molecule has 0 aliphatic carbocycles. The molecule has 5 heteroatoms. The van der Waals surface area contributed by atoms with Crippen LogP contribution in [-0.2, 0) is 4.74 Å². The van der Waals surface area contributed by atoms with Crippen LogP contribution in [0.3, 0.4) is 0 Å². The van der Waals surface area contributed by atoms with E-state index in [0.29, 0.717) is 21.3 Å². The monoisotopic (exact) mass is 249 g/mol. The fourth-order valence-electron chi connectivity index (χ4n) is 1.84. The molecule has 4 nitrogen and oxygen atoms in total. The molecule has 0 bridgehead atoms. The van der Waals surface area contributed by atoms with Gasteiger partial charge in [-0.2, -0.15) is 0 Å². The van der Waals surface area contributed by atoms with Crippen LogP contribution in [0.4, 0.5) is 0 Å². The number of carbonyl (C=O) groups excluding carboxylic acids is 2. The molecule has 0 saturated carbocycles. The average molecular weight is 249 g/mol. The molecule has 0 N–H and O–H groups in total. The van der Waals surface area contributed by atoms with Crippen molar-refractivity contribution >= 4 is 33.8 Å². The van der Waals surface area contributed by atoms with Crippen LogP contribution in [0.5, 0.6) is 0 Å². The molecule has 0 fully saturated rings. The van der Waals surface area contributed by atoms with Gasteiger partial charge in [-0.3, -0.25) is 4.79 Å². The molecule has 0 spiro atoms. The van der Waals surface area contributed by atoms with Crippen molar-refractivity contribution in [2.45, 2.75) is 13.8 Å². The summed E-state index contributed by atoms with van der Waals surface area (Å²) < 4.78 is 5.48. The first kappa shape index (κ1) is 11.7. The number of aromatic nitrogens is 1. The van der Waals surface area contributed by atoms with Gasteiger partial charge in [-0.25, -0.2) is 9.78 Å². The Balaban J connectivity index is 2.94. The fraction of sp³-hybridized carbons (Fsp3) is 0.250. The van der Waals surface area contributed by atoms with Crippen LogP contribution in [0.15, 0.2) is 5.51 Å². The minimum atomic E-state index is -0.391. The summed E-state index contributed by atoms with van der Waals surface area (Å²) in [5.41, 5.74) is 4.81. The third-order valence-corrected chi connectivity index (χ3v) is 3.74. The van der Waals surface area contributed by atoms with Crippen LogP contribution in [-0.4, -0.2) is 24.3 Å². The van der Waals surface area contributed by atoms with E-state index in [1.165, 1.54) is 18.4 Å². The average Bonchev–Trinajstić information content (AvgIpc) is 2.78. The van der Waals surface area contributed by atoms with E-state index in [-0.39, 0.29) is 0 Å². The number of carbonyl (C=O) groups is 2. The number of esters is 1. The van der Waals surface area contributed by atoms with Crippen molar-refractivity contribution < 1.29 is 14.3 Å². The Bertz CT molecular complexity index is 616. The summed E-state index contributed by atoms with van der Waals surface area (Å²) in [7, 11) is 1.34. The molecule has 0 aliphatic heterocycles. The van der Waals surface area contributed by atoms with Gasteiger partial charge in [-0.1, -0.05) is 0 Å². The highest BCUT2D eigenvalue weighted by molar-refractivity contribution is 7.17. The van der Waals surface area contributed by atoms with Crippen molar-refractivity contribution in [2.24, 2.45) is 0 Å². The Morgan fingerprint density at radius 3 is 2.71 bits per heavy atom. The van der Waals surface area contributed by atoms with Crippen LogP contribution in [0, 0.1) is 13.8 Å². The van der Waals surface area contributed by atoms with Gasteiger partial charge in [0.25, 0.3) is 0 Å². The zero-order chi connectivity index (χ0) is 12.6. The molecule has 1 aromatic carbocycles. The number of hydrogen-bond acceptors (Lipinski definition) is 5. The van der Waals surface area contributed by atoms with Gasteiger partial charge in [0.2, 0.25) is 0 Å². The molecule has 0 atom stereocenters. The van der Waals surface area contributed by atoms with Crippen molar-refractivity contribution in [3.05, 3.63) is 27.8 Å². The summed E-state index contributed by atoms with van der Waals surface area (Å²) in [4.78, 5) is 27.0. The third-order valence-electron chi connectivity index (χ3n) is 2.90. The van der Waals surface area contributed by atoms with E-state index in [2.05, 4.69) is 4.98 Å². The maximum atomic E-state index is 11.8. The first-order valence-electron chi connectivity index (χ1n) is 5.01. The van der Waals surface area contributed by atoms with Crippen molar-refractivity contribution in [1.82, 2.24) is 4.98 Å². The highest BCUT2D eigenvalue weighted by atomic mass is 32.1. The molecule has 0 amide bonds. The first-order valence-corrected chi connectivity index (χ1v) is 5.89. The Kier molecular flexibility index (Phi) is 2.93. The van der Waals surface area contributed by atoms with E-state index in [1.54, 1.807) is 5.51 Å². The molecule has 0 saturated heterocycles. The maximum Gasteiger partial charge on any atom is 0.339 e. The normalized spacial score (nSPS) is 10.5. The van der Waals surface area contributed by atoms with E-state index in [9.17, 15) is 9.59 Å². The topological polar surface area (TPSA) is 56.3 Å². The van der Waals surface area contributed by atoms with E-state index in [4.69, 9.17) is 4.74 Å². The van der Waals surface area contributed by atoms with Gasteiger partial charge in [0.1, 0.15) is 0 Å². The van der Waals surface area contributed by atoms with Crippen LogP contribution in [0.1, 0.15) is 31.8 Å². The lowest BCUT2D eigenvalue weighted by Crippen LogP contribution is -2.07. The van der Waals surface area contributed by atoms with E-state index < -0.39 is 5.97 Å². The van der Waals surface area contributed by atoms with Crippen molar-refractivity contribution in [3.8, 4) is 0 Å². The second-order valence-corrected chi connectivity index (χ2v) is 4.53. The second kappa shape index (κ2) is 4.25. The molecular weight excluding hydrogens is 238 g/mol. The number of hydrogen-bond donors (Lipinski definition) is 0. The molecular formula is C12H11NO3S. The van der Waals surface area contributed by atoms with Gasteiger partial charge in [0.05, 0.1) is 28.4 Å². The Morgan fingerprint density at radius 2 is 2.12 bits per heavy atom. The van der Waals surface area contributed by atoms with Gasteiger partial charge in [0.15, 0.2) is 6.29 Å². The molecule has 0 aliphatic rings. The molecule has 1 aromatic heterocycles. The number of rotatable bonds is 2. The van der Waals surface area contributed by atoms with Crippen LogP contribution >= 0.6 is 11.3 Å². The second-order valence-electron chi connectivity index (χ2n) is 3.68. The summed E-state index contributed by atoms with van der Waals surface area (Å²) in [6.07, 6.45) is 0.783. The number of fused-ring (bicyclic) bond motifs is 1. The Hall–Kier alpha value is -1.75. The molecule has 17 heavy (non-hydrogen) atoms. The summed E-state index contributed by atoms with van der Waals surface area (Å²) in [6.45, 7) is 3.62. The van der Waals surface area contributed by atoms with E-state index in [0.717, 1.165) is 17.4 Å². The zero-order valence-corrected chi connectivity index (χ0v) is 10.6. The number of aldehydes is 1. The zero-order valence-electron chi connectivity index (χ0n) is 9.73. The van der Waals surface area contributed by atoms with Gasteiger partial charge >= 0.3 is 5.97 Å². The SMILES string of the molecule is COC(=O)c1c(C)c(C)c(C=O)c2ncsc12. The summed E-state index contributed by atoms with van der Waals surface area (Å²) in [6, 6.07) is 0. The number of methoxy groups -OCH3 is 1. The Morgan fingerprint density at radius 1 is 1.41 bits per heavy atom. The standard InChI is InChI=1S/C12H11NO3S/c1-6-7(2)9(12(15)16-3)11-10(8(6)4-14)13-5-17-11/h4-5H,1-3H3. The molecule has 88 valence electrons. The van der Waals surface area contributed by atoms with Crippen LogP contribution in [0.2, 0.25) is 0 Å². The number of nitrogens with zero attached hydrogens (tertiary/aromatic N) is 1. The molecule has 0 unspecified atom stereocenters. The molecule has 2 aromatic rings. The molecule has 1 heterocycles. The Labute approximate surface area is 102 Å². The quantitative estimate of drug-likeness (QED) is 0.606. The lowest BCUT2D eigenvalue weighted by atomic mass is 9.97.